The van der Waals surface area contributed by atoms with Crippen LogP contribution in [0, 0.1) is 11.8 Å². The standard InChI is InChI=1S/C23H29F3N6O3S/c1-36-29-20-6-8-32(28-20)22(35)31-13-16-11-30(12-17(16)14-31)10-15-4-5-18(23(24,25)26)9-19(15)27-7-2-3-21(33)34/h4-6,8-9,16-17,27H,2-3,7,10-14H2,1H3,(H,28,29)(H,33,34). The Balaban J connectivity index is 1.36. The molecule has 0 aliphatic carbocycles. The van der Waals surface area contributed by atoms with Crippen molar-refractivity contribution >= 4 is 35.5 Å². The maximum atomic E-state index is 13.3. The summed E-state index contributed by atoms with van der Waals surface area (Å²) in [4.78, 5) is 27.6. The van der Waals surface area contributed by atoms with Gasteiger partial charge in [-0.1, -0.05) is 18.0 Å². The average Bonchev–Trinajstić information content (AvgIpc) is 3.52. The average molecular weight is 527 g/mol. The molecule has 2 aliphatic heterocycles. The lowest BCUT2D eigenvalue weighted by molar-refractivity contribution is -0.138. The Morgan fingerprint density at radius 2 is 1.89 bits per heavy atom. The molecule has 0 saturated carbocycles. The van der Waals surface area contributed by atoms with Crippen molar-refractivity contribution in [3.63, 3.8) is 0 Å². The van der Waals surface area contributed by atoms with Crippen molar-refractivity contribution in [2.24, 2.45) is 11.8 Å². The van der Waals surface area contributed by atoms with E-state index in [0.29, 0.717) is 37.6 Å². The third-order valence-corrected chi connectivity index (χ3v) is 6.95. The van der Waals surface area contributed by atoms with E-state index in [0.717, 1.165) is 30.8 Å². The van der Waals surface area contributed by atoms with Crippen molar-refractivity contribution in [3.05, 3.63) is 41.6 Å². The lowest BCUT2D eigenvalue weighted by atomic mass is 10.0. The molecule has 2 aliphatic rings. The van der Waals surface area contributed by atoms with E-state index >= 15 is 0 Å². The van der Waals surface area contributed by atoms with Gasteiger partial charge in [0.05, 0.1) is 5.56 Å². The van der Waals surface area contributed by atoms with Crippen LogP contribution >= 0.6 is 11.9 Å². The van der Waals surface area contributed by atoms with Crippen LogP contribution < -0.4 is 10.0 Å². The molecule has 196 valence electrons. The minimum atomic E-state index is -4.46. The number of anilines is 2. The van der Waals surface area contributed by atoms with Crippen molar-refractivity contribution in [1.82, 2.24) is 19.6 Å². The van der Waals surface area contributed by atoms with Gasteiger partial charge in [0.2, 0.25) is 0 Å². The van der Waals surface area contributed by atoms with Crippen molar-refractivity contribution in [3.8, 4) is 0 Å². The van der Waals surface area contributed by atoms with Gasteiger partial charge in [0.15, 0.2) is 5.82 Å². The Morgan fingerprint density at radius 1 is 1.17 bits per heavy atom. The number of carboxylic acids is 1. The van der Waals surface area contributed by atoms with E-state index in [9.17, 15) is 22.8 Å². The molecule has 0 radical (unpaired) electrons. The first-order valence-corrected chi connectivity index (χ1v) is 12.9. The van der Waals surface area contributed by atoms with E-state index in [1.54, 1.807) is 17.2 Å². The molecule has 2 aromatic rings. The van der Waals surface area contributed by atoms with Crippen LogP contribution in [0.15, 0.2) is 30.5 Å². The number of carboxylic acid groups (broad SMARTS) is 1. The Labute approximate surface area is 211 Å². The maximum absolute atomic E-state index is 13.3. The first-order valence-electron chi connectivity index (χ1n) is 11.7. The Kier molecular flexibility index (Phi) is 7.98. The highest BCUT2D eigenvalue weighted by Gasteiger charge is 2.42. The minimum absolute atomic E-state index is 0.0556. The number of fused-ring (bicyclic) bond motifs is 1. The van der Waals surface area contributed by atoms with Crippen LogP contribution in [-0.4, -0.2) is 75.7 Å². The fourth-order valence-corrected chi connectivity index (χ4v) is 5.19. The van der Waals surface area contributed by atoms with Gasteiger partial charge in [-0.15, -0.1) is 5.10 Å². The van der Waals surface area contributed by atoms with Gasteiger partial charge < -0.3 is 20.0 Å². The quantitative estimate of drug-likeness (QED) is 0.334. The lowest BCUT2D eigenvalue weighted by Crippen LogP contribution is -2.36. The molecule has 1 aromatic carbocycles. The highest BCUT2D eigenvalue weighted by atomic mass is 32.2. The molecule has 2 atom stereocenters. The number of amides is 1. The number of nitrogens with zero attached hydrogens (tertiary/aromatic N) is 4. The number of rotatable bonds is 9. The number of aromatic nitrogens is 2. The van der Waals surface area contributed by atoms with Crippen LogP contribution in [0.2, 0.25) is 0 Å². The van der Waals surface area contributed by atoms with E-state index in [2.05, 4.69) is 20.0 Å². The summed E-state index contributed by atoms with van der Waals surface area (Å²) in [7, 11) is 0. The highest BCUT2D eigenvalue weighted by molar-refractivity contribution is 7.99. The molecule has 13 heteroatoms. The first kappa shape index (κ1) is 26.1. The second-order valence-corrected chi connectivity index (χ2v) is 9.76. The third-order valence-electron chi connectivity index (χ3n) is 6.54. The molecule has 0 bridgehead atoms. The number of halogens is 3. The van der Waals surface area contributed by atoms with Gasteiger partial charge in [-0.2, -0.15) is 17.9 Å². The summed E-state index contributed by atoms with van der Waals surface area (Å²) in [5.74, 6) is 0.247. The zero-order valence-electron chi connectivity index (χ0n) is 19.8. The van der Waals surface area contributed by atoms with Gasteiger partial charge in [0.25, 0.3) is 0 Å². The number of benzene rings is 1. The second kappa shape index (κ2) is 11.0. The second-order valence-electron chi connectivity index (χ2n) is 9.15. The molecule has 2 unspecified atom stereocenters. The summed E-state index contributed by atoms with van der Waals surface area (Å²) >= 11 is 1.40. The van der Waals surface area contributed by atoms with E-state index in [4.69, 9.17) is 5.11 Å². The lowest BCUT2D eigenvalue weighted by Gasteiger charge is -2.23. The fraction of sp³-hybridized carbons (Fsp3) is 0.522. The number of aliphatic carboxylic acids is 1. The molecule has 1 amide bonds. The van der Waals surface area contributed by atoms with Crippen molar-refractivity contribution in [1.29, 1.82) is 0 Å². The predicted octanol–water partition coefficient (Wildman–Crippen LogP) is 3.90. The van der Waals surface area contributed by atoms with Gasteiger partial charge in [-0.05, 0) is 36.0 Å². The number of carbonyl (C=O) groups excluding carboxylic acids is 1. The van der Waals surface area contributed by atoms with Crippen LogP contribution in [0.3, 0.4) is 0 Å². The van der Waals surface area contributed by atoms with Gasteiger partial charge in [0, 0.05) is 69.9 Å². The summed E-state index contributed by atoms with van der Waals surface area (Å²) < 4.78 is 44.1. The Morgan fingerprint density at radius 3 is 2.53 bits per heavy atom. The van der Waals surface area contributed by atoms with Gasteiger partial charge >= 0.3 is 18.2 Å². The molecule has 2 saturated heterocycles. The Bertz CT molecular complexity index is 1080. The molecular weight excluding hydrogens is 497 g/mol. The van der Waals surface area contributed by atoms with Crippen LogP contribution in [0.1, 0.15) is 24.0 Å². The maximum Gasteiger partial charge on any atom is 0.416 e. The summed E-state index contributed by atoms with van der Waals surface area (Å²) in [6.45, 7) is 3.45. The molecule has 2 fully saturated rings. The Hall–Kier alpha value is -2.93. The molecule has 36 heavy (non-hydrogen) atoms. The molecule has 4 rings (SSSR count). The smallest absolute Gasteiger partial charge is 0.416 e. The normalized spacial score (nSPS) is 19.9. The number of likely N-dealkylation sites (tertiary alicyclic amines) is 2. The number of hydrogen-bond acceptors (Lipinski definition) is 7. The van der Waals surface area contributed by atoms with Crippen LogP contribution in [0.25, 0.3) is 0 Å². The summed E-state index contributed by atoms with van der Waals surface area (Å²) in [6, 6.07) is 5.24. The first-order chi connectivity index (χ1) is 17.1. The van der Waals surface area contributed by atoms with E-state index in [1.807, 2.05) is 6.26 Å². The predicted molar refractivity (Wildman–Crippen MR) is 131 cm³/mol. The molecular formula is C23H29F3N6O3S. The molecule has 0 spiro atoms. The van der Waals surface area contributed by atoms with Crippen LogP contribution in [-0.2, 0) is 17.5 Å². The highest BCUT2D eigenvalue weighted by Crippen LogP contribution is 2.35. The molecule has 3 heterocycles. The van der Waals surface area contributed by atoms with Crippen molar-refractivity contribution < 1.29 is 27.9 Å². The minimum Gasteiger partial charge on any atom is -0.481 e. The van der Waals surface area contributed by atoms with E-state index < -0.39 is 17.7 Å². The number of nitrogens with one attached hydrogen (secondary N) is 2. The third kappa shape index (κ3) is 6.25. The number of hydrogen-bond donors (Lipinski definition) is 3. The van der Waals surface area contributed by atoms with Gasteiger partial charge in [0.1, 0.15) is 0 Å². The van der Waals surface area contributed by atoms with Crippen LogP contribution in [0.5, 0.6) is 0 Å². The van der Waals surface area contributed by atoms with E-state index in [-0.39, 0.29) is 30.8 Å². The topological polar surface area (TPSA) is 103 Å². The molecule has 3 N–H and O–H groups in total. The number of alkyl halides is 3. The zero-order valence-corrected chi connectivity index (χ0v) is 20.6. The monoisotopic (exact) mass is 526 g/mol. The molecule has 9 nitrogen and oxygen atoms in total. The summed E-state index contributed by atoms with van der Waals surface area (Å²) in [5.41, 5.74) is 0.364. The number of carbonyl (C=O) groups is 2. The largest absolute Gasteiger partial charge is 0.481 e. The van der Waals surface area contributed by atoms with Crippen molar-refractivity contribution in [2.75, 3.05) is 49.0 Å². The zero-order chi connectivity index (χ0) is 25.9. The SMILES string of the molecule is CSNc1ccn(C(=O)N2CC3CN(Cc4ccc(C(F)(F)F)cc4NCCCC(=O)O)CC3C2)n1. The summed E-state index contributed by atoms with van der Waals surface area (Å²) in [5, 5.41) is 16.1. The summed E-state index contributed by atoms with van der Waals surface area (Å²) in [6.07, 6.45) is -0.695. The molecule has 1 aromatic heterocycles. The van der Waals surface area contributed by atoms with E-state index in [1.165, 1.54) is 22.7 Å². The van der Waals surface area contributed by atoms with Crippen LogP contribution in [0.4, 0.5) is 29.5 Å². The van der Waals surface area contributed by atoms with Gasteiger partial charge in [-0.3, -0.25) is 9.69 Å². The van der Waals surface area contributed by atoms with Gasteiger partial charge in [-0.25, -0.2) is 4.79 Å². The fourth-order valence-electron chi connectivity index (χ4n) is 4.87. The van der Waals surface area contributed by atoms with Crippen molar-refractivity contribution in [2.45, 2.75) is 25.6 Å².